The number of hydrogen-bond acceptors (Lipinski definition) is 5. The molecule has 1 heterocycles. The average Bonchev–Trinajstić information content (AvgIpc) is 2.90. The first-order chi connectivity index (χ1) is 9.79. The monoisotopic (exact) mass is 288 g/mol. The average molecular weight is 288 g/mol. The van der Waals surface area contributed by atoms with Gasteiger partial charge in [-0.3, -0.25) is 4.79 Å². The fourth-order valence-corrected chi connectivity index (χ4v) is 1.88. The summed E-state index contributed by atoms with van der Waals surface area (Å²) in [5.74, 6) is -0.197. The Hall–Kier alpha value is -2.28. The van der Waals surface area contributed by atoms with E-state index in [0.29, 0.717) is 5.69 Å². The summed E-state index contributed by atoms with van der Waals surface area (Å²) in [6, 6.07) is 4.95. The molecule has 0 aliphatic rings. The molecule has 112 valence electrons. The third kappa shape index (κ3) is 3.43. The van der Waals surface area contributed by atoms with Crippen molar-refractivity contribution in [1.29, 1.82) is 0 Å². The lowest BCUT2D eigenvalue weighted by atomic mass is 9.87. The number of hydrogen-bond donors (Lipinski definition) is 2. The number of carbonyl (C=O) groups excluding carboxylic acids is 1. The van der Waals surface area contributed by atoms with E-state index in [2.05, 4.69) is 20.8 Å². The second-order valence-electron chi connectivity index (χ2n) is 6.09. The van der Waals surface area contributed by atoms with Crippen LogP contribution in [-0.2, 0) is 4.79 Å². The van der Waals surface area contributed by atoms with Gasteiger partial charge in [0, 0.05) is 5.69 Å². The highest BCUT2D eigenvalue weighted by Gasteiger charge is 2.27. The summed E-state index contributed by atoms with van der Waals surface area (Å²) in [5, 5.41) is 13.9. The van der Waals surface area contributed by atoms with Gasteiger partial charge in [0.1, 0.15) is 6.33 Å². The summed E-state index contributed by atoms with van der Waals surface area (Å²) in [6.07, 6.45) is 1.52. The fraction of sp³-hybridized carbons (Fsp3) is 0.429. The molecular formula is C14H20N6O. The van der Waals surface area contributed by atoms with E-state index in [-0.39, 0.29) is 11.3 Å². The highest BCUT2D eigenvalue weighted by atomic mass is 16.2. The first-order valence-electron chi connectivity index (χ1n) is 6.69. The minimum atomic E-state index is -0.572. The fourth-order valence-electron chi connectivity index (χ4n) is 1.88. The van der Waals surface area contributed by atoms with Crippen LogP contribution in [0.15, 0.2) is 24.5 Å². The van der Waals surface area contributed by atoms with Crippen molar-refractivity contribution in [2.24, 2.45) is 11.1 Å². The number of tetrazole rings is 1. The molecule has 2 rings (SSSR count). The molecule has 1 atom stereocenters. The minimum absolute atomic E-state index is 0.197. The standard InChI is InChI=1S/C14H20N6O/c1-9-7-10(17-13(21)12(15)14(2,3)4)5-6-11(9)20-8-16-18-19-20/h5-8,12H,15H2,1-4H3,(H,17,21)/t12-/m1/s1. The number of carbonyl (C=O) groups is 1. The zero-order valence-corrected chi connectivity index (χ0v) is 12.7. The van der Waals surface area contributed by atoms with E-state index in [9.17, 15) is 4.79 Å². The number of aromatic nitrogens is 4. The van der Waals surface area contributed by atoms with E-state index in [1.807, 2.05) is 39.8 Å². The lowest BCUT2D eigenvalue weighted by Crippen LogP contribution is -2.45. The molecule has 0 saturated heterocycles. The van der Waals surface area contributed by atoms with Crippen molar-refractivity contribution < 1.29 is 4.79 Å². The molecule has 0 unspecified atom stereocenters. The Balaban J connectivity index is 2.16. The van der Waals surface area contributed by atoms with Gasteiger partial charge in [-0.15, -0.1) is 5.10 Å². The van der Waals surface area contributed by atoms with Crippen molar-refractivity contribution in [2.45, 2.75) is 33.7 Å². The molecule has 0 bridgehead atoms. The maximum Gasteiger partial charge on any atom is 0.241 e. The normalized spacial score (nSPS) is 13.0. The summed E-state index contributed by atoms with van der Waals surface area (Å²) in [5.41, 5.74) is 8.17. The van der Waals surface area contributed by atoms with Gasteiger partial charge in [0.15, 0.2) is 0 Å². The van der Waals surface area contributed by atoms with Crippen LogP contribution in [-0.4, -0.2) is 32.2 Å². The smallest absolute Gasteiger partial charge is 0.241 e. The predicted molar refractivity (Wildman–Crippen MR) is 80.0 cm³/mol. The topological polar surface area (TPSA) is 98.7 Å². The van der Waals surface area contributed by atoms with Crippen LogP contribution in [0.2, 0.25) is 0 Å². The van der Waals surface area contributed by atoms with E-state index < -0.39 is 6.04 Å². The van der Waals surface area contributed by atoms with Gasteiger partial charge in [-0.05, 0) is 46.5 Å². The van der Waals surface area contributed by atoms with Gasteiger partial charge in [-0.1, -0.05) is 20.8 Å². The third-order valence-electron chi connectivity index (χ3n) is 3.28. The minimum Gasteiger partial charge on any atom is -0.325 e. The molecule has 0 radical (unpaired) electrons. The number of anilines is 1. The molecule has 7 nitrogen and oxygen atoms in total. The number of amides is 1. The number of nitrogens with one attached hydrogen (secondary N) is 1. The Bertz CT molecular complexity index is 629. The van der Waals surface area contributed by atoms with Crippen molar-refractivity contribution in [3.8, 4) is 5.69 Å². The van der Waals surface area contributed by atoms with Crippen molar-refractivity contribution in [3.63, 3.8) is 0 Å². The Morgan fingerprint density at radius 2 is 2.10 bits per heavy atom. The van der Waals surface area contributed by atoms with Gasteiger partial charge < -0.3 is 11.1 Å². The highest BCUT2D eigenvalue weighted by Crippen LogP contribution is 2.21. The maximum atomic E-state index is 12.1. The molecule has 1 amide bonds. The molecular weight excluding hydrogens is 268 g/mol. The predicted octanol–water partition coefficient (Wildman–Crippen LogP) is 1.28. The largest absolute Gasteiger partial charge is 0.325 e. The molecule has 3 N–H and O–H groups in total. The number of benzene rings is 1. The summed E-state index contributed by atoms with van der Waals surface area (Å²) in [6.45, 7) is 7.73. The summed E-state index contributed by atoms with van der Waals surface area (Å²) in [4.78, 5) is 12.1. The quantitative estimate of drug-likeness (QED) is 0.886. The zero-order chi connectivity index (χ0) is 15.6. The van der Waals surface area contributed by atoms with Gasteiger partial charge in [0.05, 0.1) is 11.7 Å². The first-order valence-corrected chi connectivity index (χ1v) is 6.69. The molecule has 0 aliphatic heterocycles. The van der Waals surface area contributed by atoms with Crippen molar-refractivity contribution in [2.75, 3.05) is 5.32 Å². The number of nitrogens with two attached hydrogens (primary N) is 1. The number of nitrogens with zero attached hydrogens (tertiary/aromatic N) is 4. The van der Waals surface area contributed by atoms with Crippen molar-refractivity contribution in [1.82, 2.24) is 20.2 Å². The van der Waals surface area contributed by atoms with Gasteiger partial charge >= 0.3 is 0 Å². The Morgan fingerprint density at radius 1 is 1.38 bits per heavy atom. The van der Waals surface area contributed by atoms with Gasteiger partial charge in [-0.2, -0.15) is 0 Å². The summed E-state index contributed by atoms with van der Waals surface area (Å²) < 4.78 is 1.57. The second-order valence-corrected chi connectivity index (χ2v) is 6.09. The highest BCUT2D eigenvalue weighted by molar-refractivity contribution is 5.95. The van der Waals surface area contributed by atoms with Crippen LogP contribution in [0, 0.1) is 12.3 Å². The molecule has 2 aromatic rings. The Morgan fingerprint density at radius 3 is 2.62 bits per heavy atom. The molecule has 0 saturated carbocycles. The SMILES string of the molecule is Cc1cc(NC(=O)[C@@H](N)C(C)(C)C)ccc1-n1cnnn1. The van der Waals surface area contributed by atoms with Crippen LogP contribution < -0.4 is 11.1 Å². The van der Waals surface area contributed by atoms with Crippen LogP contribution in [0.5, 0.6) is 0 Å². The Kier molecular flexibility index (Phi) is 4.04. The summed E-state index contributed by atoms with van der Waals surface area (Å²) >= 11 is 0. The van der Waals surface area contributed by atoms with Crippen LogP contribution >= 0.6 is 0 Å². The number of aryl methyl sites for hydroxylation is 1. The van der Waals surface area contributed by atoms with E-state index >= 15 is 0 Å². The lowest BCUT2D eigenvalue weighted by Gasteiger charge is -2.25. The van der Waals surface area contributed by atoms with Crippen LogP contribution in [0.25, 0.3) is 5.69 Å². The van der Waals surface area contributed by atoms with Crippen LogP contribution in [0.4, 0.5) is 5.69 Å². The zero-order valence-electron chi connectivity index (χ0n) is 12.7. The third-order valence-corrected chi connectivity index (χ3v) is 3.28. The van der Waals surface area contributed by atoms with Gasteiger partial charge in [0.25, 0.3) is 0 Å². The molecule has 0 aliphatic carbocycles. The first kappa shape index (κ1) is 15.1. The molecule has 21 heavy (non-hydrogen) atoms. The lowest BCUT2D eigenvalue weighted by molar-refractivity contribution is -0.119. The molecule has 1 aromatic carbocycles. The van der Waals surface area contributed by atoms with E-state index in [1.165, 1.54) is 6.33 Å². The van der Waals surface area contributed by atoms with Crippen molar-refractivity contribution >= 4 is 11.6 Å². The van der Waals surface area contributed by atoms with Crippen LogP contribution in [0.3, 0.4) is 0 Å². The number of rotatable bonds is 3. The van der Waals surface area contributed by atoms with Gasteiger partial charge in [-0.25, -0.2) is 4.68 Å². The molecule has 0 spiro atoms. The van der Waals surface area contributed by atoms with E-state index in [1.54, 1.807) is 10.7 Å². The van der Waals surface area contributed by atoms with Crippen molar-refractivity contribution in [3.05, 3.63) is 30.1 Å². The van der Waals surface area contributed by atoms with E-state index in [4.69, 9.17) is 5.73 Å². The molecule has 1 aromatic heterocycles. The Labute approximate surface area is 123 Å². The second kappa shape index (κ2) is 5.61. The maximum absolute atomic E-state index is 12.1. The molecule has 0 fully saturated rings. The van der Waals surface area contributed by atoms with Crippen LogP contribution in [0.1, 0.15) is 26.3 Å². The van der Waals surface area contributed by atoms with Gasteiger partial charge in [0.2, 0.25) is 5.91 Å². The molecule has 7 heteroatoms. The van der Waals surface area contributed by atoms with E-state index in [0.717, 1.165) is 11.3 Å². The summed E-state index contributed by atoms with van der Waals surface area (Å²) in [7, 11) is 0.